The molecule has 9 nitrogen and oxygen atoms in total. The first-order valence-electron chi connectivity index (χ1n) is 4.69. The molecule has 0 aromatic heterocycles. The van der Waals surface area contributed by atoms with Crippen molar-refractivity contribution in [3.63, 3.8) is 0 Å². The Balaban J connectivity index is 3.67. The van der Waals surface area contributed by atoms with Crippen LogP contribution in [0, 0.1) is 20.2 Å². The summed E-state index contributed by atoms with van der Waals surface area (Å²) in [7, 11) is 1.10. The summed E-state index contributed by atoms with van der Waals surface area (Å²) >= 11 is 2.83. The second-order valence-corrected chi connectivity index (χ2v) is 4.13. The Kier molecular flexibility index (Phi) is 4.38. The quantitative estimate of drug-likeness (QED) is 0.641. The maximum absolute atomic E-state index is 10.9. The third-order valence-corrected chi connectivity index (χ3v) is 3.06. The van der Waals surface area contributed by atoms with Gasteiger partial charge in [-0.25, -0.2) is 0 Å². The molecule has 0 heterocycles. The average Bonchev–Trinajstić information content (AvgIpc) is 2.29. The van der Waals surface area contributed by atoms with E-state index >= 15 is 0 Å². The normalized spacial score (nSPS) is 10.0. The fourth-order valence-electron chi connectivity index (χ4n) is 1.45. The molecule has 0 unspecified atom stereocenters. The second-order valence-electron chi connectivity index (χ2n) is 3.33. The predicted octanol–water partition coefficient (Wildman–Crippen LogP) is 1.90. The van der Waals surface area contributed by atoms with Crippen molar-refractivity contribution in [1.29, 1.82) is 0 Å². The molecule has 0 saturated carbocycles. The fourth-order valence-corrected chi connectivity index (χ4v) is 2.04. The molecule has 1 aromatic carbocycles. The molecule has 0 radical (unpaired) electrons. The van der Waals surface area contributed by atoms with Crippen molar-refractivity contribution in [2.24, 2.45) is 0 Å². The van der Waals surface area contributed by atoms with Crippen molar-refractivity contribution in [2.75, 3.05) is 7.11 Å². The molecule has 1 rings (SSSR count). The number of carbonyl (C=O) groups is 1. The lowest BCUT2D eigenvalue weighted by atomic mass is 10.1. The van der Waals surface area contributed by atoms with E-state index < -0.39 is 33.6 Å². The number of nitrogens with zero attached hydrogens (tertiary/aromatic N) is 2. The summed E-state index contributed by atoms with van der Waals surface area (Å²) in [5.41, 5.74) is -1.64. The molecule has 102 valence electrons. The summed E-state index contributed by atoms with van der Waals surface area (Å²) in [6.45, 7) is 0. The molecule has 0 aliphatic carbocycles. The van der Waals surface area contributed by atoms with Gasteiger partial charge in [-0.1, -0.05) is 0 Å². The molecule has 0 amide bonds. The third-order valence-electron chi connectivity index (χ3n) is 2.18. The average molecular weight is 335 g/mol. The van der Waals surface area contributed by atoms with Crippen LogP contribution in [0.4, 0.5) is 11.4 Å². The molecule has 1 aromatic rings. The molecule has 0 spiro atoms. The van der Waals surface area contributed by atoms with E-state index in [0.29, 0.717) is 0 Å². The van der Waals surface area contributed by atoms with E-state index in [-0.39, 0.29) is 15.8 Å². The number of carboxylic acids is 1. The van der Waals surface area contributed by atoms with Crippen molar-refractivity contribution in [3.05, 3.63) is 36.3 Å². The number of nitro groups is 2. The third kappa shape index (κ3) is 2.96. The highest BCUT2D eigenvalue weighted by Gasteiger charge is 2.35. The van der Waals surface area contributed by atoms with Crippen LogP contribution in [-0.4, -0.2) is 28.0 Å². The maximum Gasteiger partial charge on any atom is 0.388 e. The molecule has 0 atom stereocenters. The van der Waals surface area contributed by atoms with Crippen LogP contribution in [0.15, 0.2) is 10.5 Å². The molecule has 0 aliphatic heterocycles. The van der Waals surface area contributed by atoms with E-state index in [2.05, 4.69) is 15.9 Å². The summed E-state index contributed by atoms with van der Waals surface area (Å²) in [5.74, 6) is -1.60. The number of rotatable bonds is 5. The van der Waals surface area contributed by atoms with Gasteiger partial charge in [0.25, 0.3) is 0 Å². The summed E-state index contributed by atoms with van der Waals surface area (Å²) in [6, 6.07) is 1.09. The van der Waals surface area contributed by atoms with Crippen LogP contribution in [0.2, 0.25) is 0 Å². The van der Waals surface area contributed by atoms with Gasteiger partial charge in [0.05, 0.1) is 23.4 Å². The number of nitro benzene ring substituents is 2. The second kappa shape index (κ2) is 5.61. The predicted molar refractivity (Wildman–Crippen MR) is 65.3 cm³/mol. The van der Waals surface area contributed by atoms with Crippen LogP contribution >= 0.6 is 15.9 Å². The van der Waals surface area contributed by atoms with Gasteiger partial charge in [0, 0.05) is 0 Å². The number of halogens is 1. The molecule has 0 fully saturated rings. The largest absolute Gasteiger partial charge is 0.490 e. The van der Waals surface area contributed by atoms with E-state index in [9.17, 15) is 25.0 Å². The lowest BCUT2D eigenvalue weighted by Crippen LogP contribution is -2.06. The van der Waals surface area contributed by atoms with Gasteiger partial charge >= 0.3 is 17.3 Å². The van der Waals surface area contributed by atoms with Gasteiger partial charge < -0.3 is 9.84 Å². The van der Waals surface area contributed by atoms with Crippen molar-refractivity contribution in [3.8, 4) is 5.75 Å². The molecule has 19 heavy (non-hydrogen) atoms. The first-order chi connectivity index (χ1) is 8.79. The standard InChI is InChI=1S/C9H7BrN2O7/c1-19-5-2-4(3-6(13)14)7(10)9(12(17)18)8(5)11(15)16/h2H,3H2,1H3,(H,13,14). The van der Waals surface area contributed by atoms with Crippen LogP contribution in [0.1, 0.15) is 5.56 Å². The zero-order chi connectivity index (χ0) is 14.7. The van der Waals surface area contributed by atoms with Gasteiger partial charge in [0.15, 0.2) is 0 Å². The number of hydrogen-bond acceptors (Lipinski definition) is 6. The number of benzene rings is 1. The summed E-state index contributed by atoms with van der Waals surface area (Å²) in [4.78, 5) is 30.5. The minimum Gasteiger partial charge on any atom is -0.490 e. The van der Waals surface area contributed by atoms with Crippen LogP contribution in [0.25, 0.3) is 0 Å². The Morgan fingerprint density at radius 2 is 1.89 bits per heavy atom. The molecule has 0 saturated heterocycles. The SMILES string of the molecule is COc1cc(CC(=O)O)c(Br)c([N+](=O)[O-])c1[N+](=O)[O-]. The summed E-state index contributed by atoms with van der Waals surface area (Å²) < 4.78 is 4.47. The van der Waals surface area contributed by atoms with E-state index in [4.69, 9.17) is 9.84 Å². The van der Waals surface area contributed by atoms with E-state index in [1.807, 2.05) is 0 Å². The summed E-state index contributed by atoms with van der Waals surface area (Å²) in [5, 5.41) is 30.5. The number of carboxylic acid groups (broad SMARTS) is 1. The first kappa shape index (κ1) is 14.8. The number of ether oxygens (including phenoxy) is 1. The van der Waals surface area contributed by atoms with Gasteiger partial charge in [0.1, 0.15) is 4.47 Å². The highest BCUT2D eigenvalue weighted by atomic mass is 79.9. The fraction of sp³-hybridized carbons (Fsp3) is 0.222. The van der Waals surface area contributed by atoms with Crippen molar-refractivity contribution in [1.82, 2.24) is 0 Å². The van der Waals surface area contributed by atoms with Gasteiger partial charge in [-0.05, 0) is 27.6 Å². The van der Waals surface area contributed by atoms with Gasteiger partial charge in [-0.15, -0.1) is 0 Å². The smallest absolute Gasteiger partial charge is 0.388 e. The van der Waals surface area contributed by atoms with Crippen molar-refractivity contribution in [2.45, 2.75) is 6.42 Å². The highest BCUT2D eigenvalue weighted by Crippen LogP contribution is 2.44. The zero-order valence-corrected chi connectivity index (χ0v) is 11.0. The molecular formula is C9H7BrN2O7. The van der Waals surface area contributed by atoms with Crippen LogP contribution in [0.3, 0.4) is 0 Å². The van der Waals surface area contributed by atoms with Gasteiger partial charge in [-0.3, -0.25) is 25.0 Å². The Labute approximate surface area is 114 Å². The maximum atomic E-state index is 10.9. The molecule has 0 bridgehead atoms. The van der Waals surface area contributed by atoms with E-state index in [1.54, 1.807) is 0 Å². The molecular weight excluding hydrogens is 328 g/mol. The molecule has 0 aliphatic rings. The van der Waals surface area contributed by atoms with Crippen LogP contribution in [0.5, 0.6) is 5.75 Å². The number of hydrogen-bond donors (Lipinski definition) is 1. The van der Waals surface area contributed by atoms with Gasteiger partial charge in [-0.2, -0.15) is 0 Å². The Morgan fingerprint density at radius 3 is 2.26 bits per heavy atom. The topological polar surface area (TPSA) is 133 Å². The first-order valence-corrected chi connectivity index (χ1v) is 5.48. The highest BCUT2D eigenvalue weighted by molar-refractivity contribution is 9.10. The minimum atomic E-state index is -1.23. The zero-order valence-electron chi connectivity index (χ0n) is 9.45. The molecule has 10 heteroatoms. The Morgan fingerprint density at radius 1 is 1.37 bits per heavy atom. The van der Waals surface area contributed by atoms with E-state index in [1.165, 1.54) is 0 Å². The Bertz CT molecular complexity index is 572. The molecule has 1 N–H and O–H groups in total. The van der Waals surface area contributed by atoms with Gasteiger partial charge in [0.2, 0.25) is 5.75 Å². The lowest BCUT2D eigenvalue weighted by molar-refractivity contribution is -0.423. The monoisotopic (exact) mass is 334 g/mol. The lowest BCUT2D eigenvalue weighted by Gasteiger charge is -2.07. The number of methoxy groups -OCH3 is 1. The summed E-state index contributed by atoms with van der Waals surface area (Å²) in [6.07, 6.45) is -0.532. The minimum absolute atomic E-state index is 0.0154. The van der Waals surface area contributed by atoms with Crippen molar-refractivity contribution < 1.29 is 24.5 Å². The van der Waals surface area contributed by atoms with Crippen LogP contribution in [-0.2, 0) is 11.2 Å². The van der Waals surface area contributed by atoms with E-state index in [0.717, 1.165) is 13.2 Å². The van der Waals surface area contributed by atoms with Crippen molar-refractivity contribution >= 4 is 33.3 Å². The number of aliphatic carboxylic acids is 1. The van der Waals surface area contributed by atoms with Crippen LogP contribution < -0.4 is 4.74 Å². The Hall–Kier alpha value is -2.23.